The average molecular weight is 354 g/mol. The fraction of sp³-hybridized carbons (Fsp3) is 0.357. The van der Waals surface area contributed by atoms with Crippen LogP contribution in [-0.2, 0) is 9.59 Å². The summed E-state index contributed by atoms with van der Waals surface area (Å²) in [4.78, 5) is 45.7. The number of hydrogen-bond donors (Lipinski definition) is 1. The van der Waals surface area contributed by atoms with Crippen LogP contribution in [-0.4, -0.2) is 49.9 Å². The first-order valence-corrected chi connectivity index (χ1v) is 7.79. The van der Waals surface area contributed by atoms with E-state index < -0.39 is 23.0 Å². The van der Waals surface area contributed by atoms with Crippen molar-refractivity contribution in [3.63, 3.8) is 0 Å². The minimum atomic E-state index is -1.18. The SMILES string of the molecule is CC(=O)S[C@@H]1C[C@@H](C(=O)O)N(C(=O)Oc2ccc([N+](=O)[O-])cc2)C1. The van der Waals surface area contributed by atoms with Crippen molar-refractivity contribution in [2.24, 2.45) is 0 Å². The second-order valence-corrected chi connectivity index (χ2v) is 6.57. The largest absolute Gasteiger partial charge is 0.480 e. The van der Waals surface area contributed by atoms with Gasteiger partial charge in [0.1, 0.15) is 11.8 Å². The minimum Gasteiger partial charge on any atom is -0.480 e. The first-order valence-electron chi connectivity index (χ1n) is 6.91. The summed E-state index contributed by atoms with van der Waals surface area (Å²) in [5.74, 6) is -1.11. The molecule has 128 valence electrons. The van der Waals surface area contributed by atoms with Crippen LogP contribution in [0.15, 0.2) is 24.3 Å². The topological polar surface area (TPSA) is 127 Å². The molecule has 0 spiro atoms. The van der Waals surface area contributed by atoms with Gasteiger partial charge in [0.15, 0.2) is 5.12 Å². The number of nitro benzene ring substituents is 1. The zero-order valence-corrected chi connectivity index (χ0v) is 13.4. The standard InChI is InChI=1S/C14H14N2O7S/c1-8(17)24-11-6-12(13(18)19)15(7-11)14(20)23-10-4-2-9(3-5-10)16(21)22/h2-5,11-12H,6-7H2,1H3,(H,18,19)/t11-,12+/m1/s1. The van der Waals surface area contributed by atoms with E-state index in [-0.39, 0.29) is 34.8 Å². The van der Waals surface area contributed by atoms with E-state index in [1.54, 1.807) is 0 Å². The number of likely N-dealkylation sites (tertiary alicyclic amines) is 1. The number of ether oxygens (including phenoxy) is 1. The molecular formula is C14H14N2O7S. The van der Waals surface area contributed by atoms with Gasteiger partial charge in [0.2, 0.25) is 0 Å². The number of carbonyl (C=O) groups is 3. The summed E-state index contributed by atoms with van der Waals surface area (Å²) in [6.45, 7) is 1.45. The summed E-state index contributed by atoms with van der Waals surface area (Å²) >= 11 is 0.989. The van der Waals surface area contributed by atoms with Gasteiger partial charge in [-0.05, 0) is 18.6 Å². The van der Waals surface area contributed by atoms with Gasteiger partial charge >= 0.3 is 12.1 Å². The highest BCUT2D eigenvalue weighted by Gasteiger charge is 2.41. The normalized spacial score (nSPS) is 19.8. The van der Waals surface area contributed by atoms with E-state index in [1.807, 2.05) is 0 Å². The van der Waals surface area contributed by atoms with Crippen molar-refractivity contribution < 1.29 is 29.2 Å². The van der Waals surface area contributed by atoms with Crippen LogP contribution in [0.5, 0.6) is 5.75 Å². The molecule has 1 aromatic carbocycles. The Labute approximate surface area is 140 Å². The van der Waals surface area contributed by atoms with Crippen LogP contribution in [0.3, 0.4) is 0 Å². The predicted molar refractivity (Wildman–Crippen MR) is 83.9 cm³/mol. The quantitative estimate of drug-likeness (QED) is 0.641. The Bertz CT molecular complexity index is 676. The number of benzene rings is 1. The van der Waals surface area contributed by atoms with Crippen molar-refractivity contribution in [1.82, 2.24) is 4.90 Å². The molecule has 9 nitrogen and oxygen atoms in total. The van der Waals surface area contributed by atoms with Gasteiger partial charge < -0.3 is 9.84 Å². The van der Waals surface area contributed by atoms with Crippen molar-refractivity contribution in [1.29, 1.82) is 0 Å². The molecule has 0 aromatic heterocycles. The van der Waals surface area contributed by atoms with Gasteiger partial charge in [-0.3, -0.25) is 19.8 Å². The lowest BCUT2D eigenvalue weighted by Gasteiger charge is -2.20. The molecule has 1 aromatic rings. The molecule has 1 fully saturated rings. The van der Waals surface area contributed by atoms with E-state index in [0.717, 1.165) is 16.7 Å². The van der Waals surface area contributed by atoms with Crippen LogP contribution in [0, 0.1) is 10.1 Å². The molecule has 2 rings (SSSR count). The molecular weight excluding hydrogens is 340 g/mol. The van der Waals surface area contributed by atoms with Gasteiger partial charge in [0.25, 0.3) is 5.69 Å². The molecule has 0 saturated carbocycles. The Morgan fingerprint density at radius 2 is 1.96 bits per heavy atom. The number of hydrogen-bond acceptors (Lipinski definition) is 7. The third kappa shape index (κ3) is 4.22. The maximum atomic E-state index is 12.2. The van der Waals surface area contributed by atoms with E-state index >= 15 is 0 Å². The van der Waals surface area contributed by atoms with E-state index in [1.165, 1.54) is 31.2 Å². The number of amides is 1. The number of carboxylic acid groups (broad SMARTS) is 1. The Kier molecular flexibility index (Phi) is 5.39. The number of nitro groups is 1. The zero-order chi connectivity index (χ0) is 17.9. The molecule has 1 heterocycles. The molecule has 24 heavy (non-hydrogen) atoms. The summed E-state index contributed by atoms with van der Waals surface area (Å²) in [5, 5.41) is 19.3. The zero-order valence-electron chi connectivity index (χ0n) is 12.6. The fourth-order valence-electron chi connectivity index (χ4n) is 2.35. The molecule has 0 radical (unpaired) electrons. The van der Waals surface area contributed by atoms with Gasteiger partial charge in [-0.1, -0.05) is 11.8 Å². The van der Waals surface area contributed by atoms with E-state index in [2.05, 4.69) is 0 Å². The van der Waals surface area contributed by atoms with E-state index in [0.29, 0.717) is 0 Å². The highest BCUT2D eigenvalue weighted by Crippen LogP contribution is 2.29. The number of nitrogens with zero attached hydrogens (tertiary/aromatic N) is 2. The number of non-ortho nitro benzene ring substituents is 1. The van der Waals surface area contributed by atoms with Crippen molar-refractivity contribution >= 4 is 34.6 Å². The summed E-state index contributed by atoms with van der Waals surface area (Å²) in [7, 11) is 0. The van der Waals surface area contributed by atoms with Crippen LogP contribution >= 0.6 is 11.8 Å². The third-order valence-electron chi connectivity index (χ3n) is 3.37. The second kappa shape index (κ2) is 7.30. The number of carbonyl (C=O) groups excluding carboxylic acids is 2. The average Bonchev–Trinajstić information content (AvgIpc) is 2.91. The van der Waals surface area contributed by atoms with Gasteiger partial charge in [-0.15, -0.1) is 0 Å². The number of aliphatic carboxylic acids is 1. The molecule has 10 heteroatoms. The van der Waals surface area contributed by atoms with Gasteiger partial charge in [0, 0.05) is 30.9 Å². The van der Waals surface area contributed by atoms with Gasteiger partial charge in [-0.25, -0.2) is 9.59 Å². The lowest BCUT2D eigenvalue weighted by Crippen LogP contribution is -2.42. The minimum absolute atomic E-state index is 0.0670. The monoisotopic (exact) mass is 354 g/mol. The lowest BCUT2D eigenvalue weighted by molar-refractivity contribution is -0.384. The molecule has 1 saturated heterocycles. The van der Waals surface area contributed by atoms with Crippen molar-refractivity contribution in [2.45, 2.75) is 24.6 Å². The second-order valence-electron chi connectivity index (χ2n) is 5.09. The van der Waals surface area contributed by atoms with Crippen LogP contribution in [0.4, 0.5) is 10.5 Å². The predicted octanol–water partition coefficient (Wildman–Crippen LogP) is 1.90. The maximum absolute atomic E-state index is 12.2. The fourth-order valence-corrected chi connectivity index (χ4v) is 3.33. The third-order valence-corrected chi connectivity index (χ3v) is 4.37. The van der Waals surface area contributed by atoms with Gasteiger partial charge in [-0.2, -0.15) is 0 Å². The summed E-state index contributed by atoms with van der Waals surface area (Å²) in [5.41, 5.74) is -0.155. The highest BCUT2D eigenvalue weighted by atomic mass is 32.2. The molecule has 1 amide bonds. The number of thioether (sulfide) groups is 1. The number of rotatable bonds is 4. The molecule has 1 aliphatic heterocycles. The van der Waals surface area contributed by atoms with E-state index in [4.69, 9.17) is 4.74 Å². The number of carboxylic acids is 1. The Morgan fingerprint density at radius 1 is 1.33 bits per heavy atom. The summed E-state index contributed by atoms with van der Waals surface area (Å²) in [6.07, 6.45) is -0.725. The molecule has 0 aliphatic carbocycles. The van der Waals surface area contributed by atoms with Crippen molar-refractivity contribution in [2.75, 3.05) is 6.54 Å². The highest BCUT2D eigenvalue weighted by molar-refractivity contribution is 8.14. The molecule has 0 bridgehead atoms. The summed E-state index contributed by atoms with van der Waals surface area (Å²) in [6, 6.07) is 3.78. The van der Waals surface area contributed by atoms with Crippen LogP contribution in [0.1, 0.15) is 13.3 Å². The van der Waals surface area contributed by atoms with E-state index in [9.17, 15) is 29.6 Å². The Hall–Kier alpha value is -2.62. The lowest BCUT2D eigenvalue weighted by atomic mass is 10.2. The van der Waals surface area contributed by atoms with Crippen molar-refractivity contribution in [3.8, 4) is 5.75 Å². The molecule has 1 N–H and O–H groups in total. The van der Waals surface area contributed by atoms with Crippen LogP contribution in [0.25, 0.3) is 0 Å². The van der Waals surface area contributed by atoms with Crippen molar-refractivity contribution in [3.05, 3.63) is 34.4 Å². The summed E-state index contributed by atoms with van der Waals surface area (Å²) < 4.78 is 5.07. The molecule has 1 aliphatic rings. The molecule has 2 atom stereocenters. The Morgan fingerprint density at radius 3 is 2.46 bits per heavy atom. The Balaban J connectivity index is 2.07. The maximum Gasteiger partial charge on any atom is 0.416 e. The van der Waals surface area contributed by atoms with Gasteiger partial charge in [0.05, 0.1) is 4.92 Å². The first kappa shape index (κ1) is 17.7. The first-order chi connectivity index (χ1) is 11.3. The van der Waals surface area contributed by atoms with Crippen LogP contribution < -0.4 is 4.74 Å². The molecule has 0 unspecified atom stereocenters. The van der Waals surface area contributed by atoms with Crippen LogP contribution in [0.2, 0.25) is 0 Å². The smallest absolute Gasteiger partial charge is 0.416 e.